The van der Waals surface area contributed by atoms with Crippen molar-refractivity contribution in [3.05, 3.63) is 0 Å². The number of hydrogen-bond donors (Lipinski definition) is 3. The lowest BCUT2D eigenvalue weighted by molar-refractivity contribution is -0.143. The van der Waals surface area contributed by atoms with E-state index in [2.05, 4.69) is 12.2 Å². The van der Waals surface area contributed by atoms with Crippen LogP contribution in [0.1, 0.15) is 33.1 Å². The van der Waals surface area contributed by atoms with Gasteiger partial charge in [-0.25, -0.2) is 0 Å². The zero-order valence-electron chi connectivity index (χ0n) is 11.1. The van der Waals surface area contributed by atoms with Crippen LogP contribution >= 0.6 is 0 Å². The molecule has 0 bridgehead atoms. The maximum atomic E-state index is 11.7. The van der Waals surface area contributed by atoms with Gasteiger partial charge >= 0.3 is 5.97 Å². The predicted octanol–water partition coefficient (Wildman–Crippen LogP) is -0.221. The fourth-order valence-electron chi connectivity index (χ4n) is 2.25. The number of carbonyl (C=O) groups excluding carboxylic acids is 1. The number of nitrogens with one attached hydrogen (secondary N) is 1. The smallest absolute Gasteiger partial charge is 0.325 e. The molecule has 2 atom stereocenters. The number of amides is 1. The summed E-state index contributed by atoms with van der Waals surface area (Å²) >= 11 is 0. The molecule has 1 aliphatic heterocycles. The summed E-state index contributed by atoms with van der Waals surface area (Å²) in [4.78, 5) is 24.5. The summed E-state index contributed by atoms with van der Waals surface area (Å²) in [5.41, 5.74) is 4.54. The molecule has 1 saturated heterocycles. The average molecular weight is 257 g/mol. The normalized spacial score (nSPS) is 25.9. The molecule has 2 unspecified atom stereocenters. The Bertz CT molecular complexity index is 322. The van der Waals surface area contributed by atoms with Crippen molar-refractivity contribution < 1.29 is 14.7 Å². The van der Waals surface area contributed by atoms with Gasteiger partial charge in [0, 0.05) is 19.1 Å². The molecule has 1 rings (SSSR count). The maximum absolute atomic E-state index is 11.7. The van der Waals surface area contributed by atoms with Gasteiger partial charge in [0.2, 0.25) is 5.91 Å². The van der Waals surface area contributed by atoms with E-state index in [1.807, 2.05) is 6.92 Å². The molecule has 104 valence electrons. The average Bonchev–Trinajstić information content (AvgIpc) is 2.61. The molecular weight excluding hydrogens is 234 g/mol. The van der Waals surface area contributed by atoms with Crippen molar-refractivity contribution >= 4 is 11.9 Å². The molecule has 0 aromatic heterocycles. The van der Waals surface area contributed by atoms with Crippen LogP contribution in [0.2, 0.25) is 0 Å². The third-order valence-corrected chi connectivity index (χ3v) is 3.30. The van der Waals surface area contributed by atoms with Crippen LogP contribution in [0, 0.1) is 0 Å². The Kier molecular flexibility index (Phi) is 5.10. The summed E-state index contributed by atoms with van der Waals surface area (Å²) in [7, 11) is 0. The van der Waals surface area contributed by atoms with E-state index < -0.39 is 11.5 Å². The van der Waals surface area contributed by atoms with E-state index >= 15 is 0 Å². The molecule has 18 heavy (non-hydrogen) atoms. The molecule has 0 radical (unpaired) electrons. The van der Waals surface area contributed by atoms with E-state index in [0.29, 0.717) is 13.0 Å². The number of hydrogen-bond acceptors (Lipinski definition) is 4. The molecule has 1 fully saturated rings. The lowest BCUT2D eigenvalue weighted by Crippen LogP contribution is -2.51. The van der Waals surface area contributed by atoms with E-state index in [1.165, 1.54) is 0 Å². The van der Waals surface area contributed by atoms with Crippen LogP contribution < -0.4 is 11.1 Å². The van der Waals surface area contributed by atoms with Gasteiger partial charge in [-0.15, -0.1) is 0 Å². The van der Waals surface area contributed by atoms with E-state index in [0.717, 1.165) is 12.8 Å². The molecule has 4 N–H and O–H groups in total. The Labute approximate surface area is 108 Å². The van der Waals surface area contributed by atoms with Crippen molar-refractivity contribution in [3.63, 3.8) is 0 Å². The van der Waals surface area contributed by atoms with Crippen molar-refractivity contribution in [2.75, 3.05) is 19.6 Å². The zero-order valence-corrected chi connectivity index (χ0v) is 11.1. The molecule has 0 aliphatic carbocycles. The van der Waals surface area contributed by atoms with E-state index in [-0.39, 0.29) is 25.0 Å². The van der Waals surface area contributed by atoms with Gasteiger partial charge in [0.25, 0.3) is 0 Å². The maximum Gasteiger partial charge on any atom is 0.325 e. The van der Waals surface area contributed by atoms with Crippen molar-refractivity contribution in [1.82, 2.24) is 10.2 Å². The van der Waals surface area contributed by atoms with Crippen molar-refractivity contribution in [1.29, 1.82) is 0 Å². The van der Waals surface area contributed by atoms with E-state index in [4.69, 9.17) is 10.8 Å². The molecule has 1 heterocycles. The Morgan fingerprint density at radius 1 is 1.56 bits per heavy atom. The Hall–Kier alpha value is -1.14. The third kappa shape index (κ3) is 3.96. The highest BCUT2D eigenvalue weighted by atomic mass is 16.4. The van der Waals surface area contributed by atoms with Crippen molar-refractivity contribution in [3.8, 4) is 0 Å². The van der Waals surface area contributed by atoms with Crippen LogP contribution in [0.15, 0.2) is 0 Å². The minimum absolute atomic E-state index is 0.0643. The van der Waals surface area contributed by atoms with Gasteiger partial charge in [0.05, 0.1) is 6.54 Å². The van der Waals surface area contributed by atoms with E-state index in [9.17, 15) is 9.59 Å². The first-order valence-corrected chi connectivity index (χ1v) is 6.41. The summed E-state index contributed by atoms with van der Waals surface area (Å²) < 4.78 is 0. The van der Waals surface area contributed by atoms with E-state index in [1.54, 1.807) is 4.90 Å². The Balaban J connectivity index is 2.37. The second-order valence-electron chi connectivity index (χ2n) is 5.18. The highest BCUT2D eigenvalue weighted by Gasteiger charge is 2.41. The van der Waals surface area contributed by atoms with Crippen LogP contribution in [0.3, 0.4) is 0 Å². The van der Waals surface area contributed by atoms with Gasteiger partial charge in [-0.3, -0.25) is 14.5 Å². The number of carboxylic acids is 1. The summed E-state index contributed by atoms with van der Waals surface area (Å²) in [5.74, 6) is -1.06. The fraction of sp³-hybridized carbons (Fsp3) is 0.833. The number of likely N-dealkylation sites (tertiary alicyclic amines) is 1. The number of nitrogens with zero attached hydrogens (tertiary/aromatic N) is 1. The highest BCUT2D eigenvalue weighted by molar-refractivity contribution is 5.81. The molecule has 1 amide bonds. The molecule has 6 nitrogen and oxygen atoms in total. The zero-order chi connectivity index (χ0) is 13.8. The number of carbonyl (C=O) groups is 2. The van der Waals surface area contributed by atoms with Crippen molar-refractivity contribution in [2.24, 2.45) is 5.73 Å². The minimum atomic E-state index is -1.20. The second-order valence-corrected chi connectivity index (χ2v) is 5.18. The third-order valence-electron chi connectivity index (χ3n) is 3.30. The standard InChI is InChI=1S/C12H23N3O3/c1-3-4-9(2)14-10(16)7-15-6-5-12(13,8-15)11(17)18/h9H,3-8,13H2,1-2H3,(H,14,16)(H,17,18). The highest BCUT2D eigenvalue weighted by Crippen LogP contribution is 2.18. The number of aliphatic carboxylic acids is 1. The fourth-order valence-corrected chi connectivity index (χ4v) is 2.25. The molecule has 6 heteroatoms. The Morgan fingerprint density at radius 3 is 2.72 bits per heavy atom. The quantitative estimate of drug-likeness (QED) is 0.611. The number of rotatable bonds is 6. The van der Waals surface area contributed by atoms with Gasteiger partial charge in [-0.05, 0) is 19.8 Å². The van der Waals surface area contributed by atoms with Crippen LogP contribution in [-0.2, 0) is 9.59 Å². The molecule has 0 aromatic carbocycles. The SMILES string of the molecule is CCCC(C)NC(=O)CN1CCC(N)(C(=O)O)C1. The summed E-state index contributed by atoms with van der Waals surface area (Å²) in [6.07, 6.45) is 2.36. The first kappa shape index (κ1) is 14.9. The molecule has 0 saturated carbocycles. The van der Waals surface area contributed by atoms with Gasteiger partial charge in [0.15, 0.2) is 0 Å². The first-order valence-electron chi connectivity index (χ1n) is 6.41. The van der Waals surface area contributed by atoms with Crippen LogP contribution in [0.25, 0.3) is 0 Å². The number of carboxylic acid groups (broad SMARTS) is 1. The summed E-state index contributed by atoms with van der Waals surface area (Å²) in [5, 5.41) is 11.9. The number of nitrogens with two attached hydrogens (primary N) is 1. The van der Waals surface area contributed by atoms with Crippen LogP contribution in [0.5, 0.6) is 0 Å². The molecular formula is C12H23N3O3. The largest absolute Gasteiger partial charge is 0.480 e. The van der Waals surface area contributed by atoms with Gasteiger partial charge in [0.1, 0.15) is 5.54 Å². The molecule has 0 spiro atoms. The lowest BCUT2D eigenvalue weighted by Gasteiger charge is -2.20. The van der Waals surface area contributed by atoms with Crippen LogP contribution in [0.4, 0.5) is 0 Å². The summed E-state index contributed by atoms with van der Waals surface area (Å²) in [6, 6.07) is 0.159. The minimum Gasteiger partial charge on any atom is -0.480 e. The van der Waals surface area contributed by atoms with Gasteiger partial charge in [-0.1, -0.05) is 13.3 Å². The summed E-state index contributed by atoms with van der Waals surface area (Å²) in [6.45, 7) is 5.05. The topological polar surface area (TPSA) is 95.7 Å². The van der Waals surface area contributed by atoms with Gasteiger partial charge in [-0.2, -0.15) is 0 Å². The first-order chi connectivity index (χ1) is 8.37. The Morgan fingerprint density at radius 2 is 2.22 bits per heavy atom. The monoisotopic (exact) mass is 257 g/mol. The second kappa shape index (κ2) is 6.15. The molecule has 1 aliphatic rings. The molecule has 0 aromatic rings. The predicted molar refractivity (Wildman–Crippen MR) is 68.1 cm³/mol. The lowest BCUT2D eigenvalue weighted by atomic mass is 10.0. The van der Waals surface area contributed by atoms with Gasteiger partial charge < -0.3 is 16.2 Å². The van der Waals surface area contributed by atoms with Crippen LogP contribution in [-0.4, -0.2) is 53.1 Å². The van der Waals surface area contributed by atoms with Crippen molar-refractivity contribution in [2.45, 2.75) is 44.7 Å².